The van der Waals surface area contributed by atoms with E-state index in [1.165, 1.54) is 11.3 Å². The number of hydrogen-bond donors (Lipinski definition) is 3. The SMILES string of the molecule is Cn1cccc1C(=O)Nc1ccc2sc(C(=O)NO)cc2c1. The molecule has 0 atom stereocenters. The van der Waals surface area contributed by atoms with Crippen molar-refractivity contribution < 1.29 is 14.8 Å². The molecule has 3 aromatic rings. The predicted molar refractivity (Wildman–Crippen MR) is 84.4 cm³/mol. The maximum absolute atomic E-state index is 12.2. The number of amides is 2. The second-order valence-corrected chi connectivity index (χ2v) is 5.85. The Kier molecular flexibility index (Phi) is 3.66. The fraction of sp³-hybridized carbons (Fsp3) is 0.0667. The zero-order valence-corrected chi connectivity index (χ0v) is 12.5. The number of carbonyl (C=O) groups excluding carboxylic acids is 2. The highest BCUT2D eigenvalue weighted by atomic mass is 32.1. The topological polar surface area (TPSA) is 83.4 Å². The molecule has 1 aromatic carbocycles. The molecule has 0 aliphatic heterocycles. The summed E-state index contributed by atoms with van der Waals surface area (Å²) in [5, 5.41) is 12.3. The minimum absolute atomic E-state index is 0.199. The molecule has 0 unspecified atom stereocenters. The first kappa shape index (κ1) is 14.3. The summed E-state index contributed by atoms with van der Waals surface area (Å²) in [5.41, 5.74) is 2.82. The summed E-state index contributed by atoms with van der Waals surface area (Å²) in [6, 6.07) is 10.6. The highest BCUT2D eigenvalue weighted by Gasteiger charge is 2.12. The van der Waals surface area contributed by atoms with Crippen molar-refractivity contribution in [3.8, 4) is 0 Å². The van der Waals surface area contributed by atoms with Gasteiger partial charge in [0.2, 0.25) is 0 Å². The number of carbonyl (C=O) groups is 2. The minimum Gasteiger partial charge on any atom is -0.347 e. The highest BCUT2D eigenvalue weighted by molar-refractivity contribution is 7.20. The van der Waals surface area contributed by atoms with Crippen LogP contribution in [0.1, 0.15) is 20.2 Å². The van der Waals surface area contributed by atoms with Gasteiger partial charge in [0, 0.05) is 23.6 Å². The van der Waals surface area contributed by atoms with Gasteiger partial charge in [0.25, 0.3) is 11.8 Å². The van der Waals surface area contributed by atoms with E-state index in [4.69, 9.17) is 5.21 Å². The lowest BCUT2D eigenvalue weighted by atomic mass is 10.2. The summed E-state index contributed by atoms with van der Waals surface area (Å²) in [7, 11) is 1.80. The number of anilines is 1. The fourth-order valence-electron chi connectivity index (χ4n) is 2.18. The lowest BCUT2D eigenvalue weighted by molar-refractivity contribution is 0.0711. The molecule has 2 aromatic heterocycles. The van der Waals surface area contributed by atoms with Crippen LogP contribution >= 0.6 is 11.3 Å². The zero-order chi connectivity index (χ0) is 15.7. The quantitative estimate of drug-likeness (QED) is 0.513. The Bertz CT molecular complexity index is 866. The van der Waals surface area contributed by atoms with Crippen LogP contribution in [0.5, 0.6) is 0 Å². The molecule has 2 heterocycles. The average molecular weight is 315 g/mol. The first-order chi connectivity index (χ1) is 10.6. The van der Waals surface area contributed by atoms with Gasteiger partial charge in [0.05, 0.1) is 4.88 Å². The molecule has 0 saturated heterocycles. The predicted octanol–water partition coefficient (Wildman–Crippen LogP) is 2.61. The van der Waals surface area contributed by atoms with E-state index in [-0.39, 0.29) is 5.91 Å². The van der Waals surface area contributed by atoms with Gasteiger partial charge in [-0.3, -0.25) is 14.8 Å². The van der Waals surface area contributed by atoms with Crippen LogP contribution in [-0.2, 0) is 7.05 Å². The van der Waals surface area contributed by atoms with Crippen LogP contribution in [0.4, 0.5) is 5.69 Å². The Balaban J connectivity index is 1.87. The van der Waals surface area contributed by atoms with Gasteiger partial charge in [-0.05, 0) is 41.8 Å². The Morgan fingerprint density at radius 2 is 2.00 bits per heavy atom. The van der Waals surface area contributed by atoms with Gasteiger partial charge in [-0.1, -0.05) is 0 Å². The van der Waals surface area contributed by atoms with Gasteiger partial charge in [-0.15, -0.1) is 11.3 Å². The molecular formula is C15H13N3O3S. The van der Waals surface area contributed by atoms with Crippen LogP contribution in [0.3, 0.4) is 0 Å². The van der Waals surface area contributed by atoms with Gasteiger partial charge < -0.3 is 9.88 Å². The van der Waals surface area contributed by atoms with Crippen molar-refractivity contribution in [3.63, 3.8) is 0 Å². The molecule has 22 heavy (non-hydrogen) atoms. The molecule has 0 saturated carbocycles. The molecule has 0 bridgehead atoms. The molecule has 3 rings (SSSR count). The number of benzene rings is 1. The lowest BCUT2D eigenvalue weighted by Crippen LogP contribution is -2.16. The summed E-state index contributed by atoms with van der Waals surface area (Å²) in [6.45, 7) is 0. The van der Waals surface area contributed by atoms with Crippen molar-refractivity contribution in [1.82, 2.24) is 10.0 Å². The molecule has 112 valence electrons. The number of fused-ring (bicyclic) bond motifs is 1. The van der Waals surface area contributed by atoms with Crippen molar-refractivity contribution in [2.45, 2.75) is 0 Å². The summed E-state index contributed by atoms with van der Waals surface area (Å²) in [5.74, 6) is -0.744. The number of hydrogen-bond acceptors (Lipinski definition) is 4. The number of rotatable bonds is 3. The molecule has 7 heteroatoms. The molecule has 0 spiro atoms. The van der Waals surface area contributed by atoms with E-state index < -0.39 is 5.91 Å². The number of hydroxylamine groups is 1. The van der Waals surface area contributed by atoms with Crippen LogP contribution < -0.4 is 10.8 Å². The van der Waals surface area contributed by atoms with Gasteiger partial charge in [0.15, 0.2) is 0 Å². The van der Waals surface area contributed by atoms with E-state index in [9.17, 15) is 9.59 Å². The van der Waals surface area contributed by atoms with Gasteiger partial charge in [-0.25, -0.2) is 5.48 Å². The number of thiophene rings is 1. The van der Waals surface area contributed by atoms with Crippen molar-refractivity contribution in [1.29, 1.82) is 0 Å². The van der Waals surface area contributed by atoms with E-state index in [1.54, 1.807) is 53.6 Å². The van der Waals surface area contributed by atoms with E-state index >= 15 is 0 Å². The number of nitrogens with one attached hydrogen (secondary N) is 2. The van der Waals surface area contributed by atoms with Gasteiger partial charge in [-0.2, -0.15) is 0 Å². The Morgan fingerprint density at radius 3 is 2.68 bits per heavy atom. The monoisotopic (exact) mass is 315 g/mol. The van der Waals surface area contributed by atoms with Crippen molar-refractivity contribution in [3.05, 3.63) is 53.2 Å². The molecule has 3 N–H and O–H groups in total. The molecular weight excluding hydrogens is 302 g/mol. The summed E-state index contributed by atoms with van der Waals surface area (Å²) < 4.78 is 2.64. The van der Waals surface area contributed by atoms with Gasteiger partial charge >= 0.3 is 0 Å². The third kappa shape index (κ3) is 2.59. The van der Waals surface area contributed by atoms with Crippen molar-refractivity contribution in [2.75, 3.05) is 5.32 Å². The Labute approximate surface area is 129 Å². The van der Waals surface area contributed by atoms with Crippen molar-refractivity contribution in [2.24, 2.45) is 7.05 Å². The summed E-state index contributed by atoms with van der Waals surface area (Å²) in [4.78, 5) is 24.0. The number of aromatic nitrogens is 1. The maximum atomic E-state index is 12.2. The third-order valence-electron chi connectivity index (χ3n) is 3.28. The molecule has 2 amide bonds. The minimum atomic E-state index is -0.546. The van der Waals surface area contributed by atoms with Crippen LogP contribution in [0, 0.1) is 0 Å². The Morgan fingerprint density at radius 1 is 1.18 bits per heavy atom. The first-order valence-corrected chi connectivity index (χ1v) is 7.31. The highest BCUT2D eigenvalue weighted by Crippen LogP contribution is 2.28. The standard InChI is InChI=1S/C15H13N3O3S/c1-18-6-2-3-11(18)14(19)16-10-4-5-12-9(7-10)8-13(22-12)15(20)17-21/h2-8,21H,1H3,(H,16,19)(H,17,20). The van der Waals surface area contributed by atoms with Gasteiger partial charge in [0.1, 0.15) is 5.69 Å². The van der Waals surface area contributed by atoms with Crippen LogP contribution in [0.25, 0.3) is 10.1 Å². The molecule has 0 radical (unpaired) electrons. The van der Waals surface area contributed by atoms with Crippen LogP contribution in [0.2, 0.25) is 0 Å². The smallest absolute Gasteiger partial charge is 0.284 e. The van der Waals surface area contributed by atoms with Crippen molar-refractivity contribution >= 4 is 38.9 Å². The molecule has 0 aliphatic carbocycles. The van der Waals surface area contributed by atoms with E-state index in [0.29, 0.717) is 16.3 Å². The second-order valence-electron chi connectivity index (χ2n) is 4.76. The summed E-state index contributed by atoms with van der Waals surface area (Å²) in [6.07, 6.45) is 1.80. The zero-order valence-electron chi connectivity index (χ0n) is 11.7. The number of aryl methyl sites for hydroxylation is 1. The van der Waals surface area contributed by atoms with Crippen LogP contribution in [0.15, 0.2) is 42.6 Å². The first-order valence-electron chi connectivity index (χ1n) is 6.49. The summed E-state index contributed by atoms with van der Waals surface area (Å²) >= 11 is 1.27. The molecule has 6 nitrogen and oxygen atoms in total. The van der Waals surface area contributed by atoms with Crippen LogP contribution in [-0.4, -0.2) is 21.6 Å². The average Bonchev–Trinajstić information content (AvgIpc) is 3.11. The lowest BCUT2D eigenvalue weighted by Gasteiger charge is -2.06. The van der Waals surface area contributed by atoms with E-state index in [2.05, 4.69) is 5.32 Å². The fourth-order valence-corrected chi connectivity index (χ4v) is 3.11. The second kappa shape index (κ2) is 5.63. The Hall–Kier alpha value is -2.64. The largest absolute Gasteiger partial charge is 0.347 e. The van der Waals surface area contributed by atoms with E-state index in [1.807, 2.05) is 6.07 Å². The van der Waals surface area contributed by atoms with E-state index in [0.717, 1.165) is 10.1 Å². The number of nitrogens with zero attached hydrogens (tertiary/aromatic N) is 1. The maximum Gasteiger partial charge on any atom is 0.284 e. The molecule has 0 fully saturated rings. The normalized spacial score (nSPS) is 10.6. The molecule has 0 aliphatic rings. The third-order valence-corrected chi connectivity index (χ3v) is 4.39.